The van der Waals surface area contributed by atoms with Crippen molar-refractivity contribution in [2.75, 3.05) is 20.6 Å². The molecule has 0 saturated heterocycles. The Morgan fingerprint density at radius 3 is 2.33 bits per heavy atom. The molecule has 0 aliphatic rings. The molecule has 0 radical (unpaired) electrons. The molecule has 1 atom stereocenters. The first-order valence-electron chi connectivity index (χ1n) is 8.35. The third-order valence-electron chi connectivity index (χ3n) is 3.88. The molecule has 0 aromatic heterocycles. The third kappa shape index (κ3) is 5.67. The first kappa shape index (κ1) is 18.0. The van der Waals surface area contributed by atoms with Crippen LogP contribution in [0.2, 0.25) is 0 Å². The van der Waals surface area contributed by atoms with E-state index in [1.165, 1.54) is 5.56 Å². The van der Waals surface area contributed by atoms with Crippen LogP contribution in [-0.4, -0.2) is 31.4 Å². The van der Waals surface area contributed by atoms with Gasteiger partial charge >= 0.3 is 0 Å². The summed E-state index contributed by atoms with van der Waals surface area (Å²) in [5.41, 5.74) is 3.44. The molecule has 1 N–H and O–H groups in total. The van der Waals surface area contributed by atoms with Crippen molar-refractivity contribution in [1.82, 2.24) is 10.2 Å². The van der Waals surface area contributed by atoms with E-state index in [-0.39, 0.29) is 11.9 Å². The molecule has 3 nitrogen and oxygen atoms in total. The van der Waals surface area contributed by atoms with E-state index in [9.17, 15) is 4.79 Å². The van der Waals surface area contributed by atoms with Crippen molar-refractivity contribution < 1.29 is 4.79 Å². The second-order valence-corrected chi connectivity index (χ2v) is 6.16. The van der Waals surface area contributed by atoms with E-state index < -0.39 is 0 Å². The van der Waals surface area contributed by atoms with Gasteiger partial charge in [-0.2, -0.15) is 0 Å². The number of carbonyl (C=O) groups is 1. The van der Waals surface area contributed by atoms with Crippen LogP contribution in [-0.2, 0) is 11.2 Å². The Balaban J connectivity index is 2.02. The van der Waals surface area contributed by atoms with Crippen LogP contribution in [0.5, 0.6) is 0 Å². The van der Waals surface area contributed by atoms with Gasteiger partial charge in [-0.1, -0.05) is 61.5 Å². The number of hydrogen-bond donors (Lipinski definition) is 1. The van der Waals surface area contributed by atoms with Crippen LogP contribution in [0.15, 0.2) is 60.7 Å². The zero-order valence-corrected chi connectivity index (χ0v) is 14.7. The molecule has 24 heavy (non-hydrogen) atoms. The zero-order chi connectivity index (χ0) is 17.4. The van der Waals surface area contributed by atoms with E-state index in [2.05, 4.69) is 29.3 Å². The Hall–Kier alpha value is -2.39. The van der Waals surface area contributed by atoms with Gasteiger partial charge in [0.1, 0.15) is 0 Å². The Bertz CT molecular complexity index is 660. The molecule has 0 heterocycles. The number of amides is 1. The van der Waals surface area contributed by atoms with Crippen LogP contribution < -0.4 is 5.32 Å². The Kier molecular flexibility index (Phi) is 6.76. The highest BCUT2D eigenvalue weighted by Crippen LogP contribution is 2.13. The van der Waals surface area contributed by atoms with Crippen molar-refractivity contribution in [3.8, 4) is 0 Å². The van der Waals surface area contributed by atoms with Gasteiger partial charge in [-0.25, -0.2) is 0 Å². The lowest BCUT2D eigenvalue weighted by molar-refractivity contribution is -0.117. The smallest absolute Gasteiger partial charge is 0.244 e. The molecular formula is C21H26N2O. The summed E-state index contributed by atoms with van der Waals surface area (Å²) in [6.45, 7) is 2.89. The lowest BCUT2D eigenvalue weighted by Gasteiger charge is -2.22. The van der Waals surface area contributed by atoms with Crippen molar-refractivity contribution >= 4 is 12.0 Å². The molecule has 1 amide bonds. The average Bonchev–Trinajstić information content (AvgIpc) is 2.60. The van der Waals surface area contributed by atoms with Gasteiger partial charge in [0.25, 0.3) is 0 Å². The number of likely N-dealkylation sites (N-methyl/N-ethyl adjacent to an activating group) is 1. The first-order valence-corrected chi connectivity index (χ1v) is 8.35. The normalized spacial score (nSPS) is 12.5. The van der Waals surface area contributed by atoms with Crippen LogP contribution >= 0.6 is 0 Å². The average molecular weight is 322 g/mol. The molecule has 2 rings (SSSR count). The van der Waals surface area contributed by atoms with Crippen molar-refractivity contribution in [1.29, 1.82) is 0 Å². The number of nitrogens with zero attached hydrogens (tertiary/aromatic N) is 1. The summed E-state index contributed by atoms with van der Waals surface area (Å²) in [6, 6.07) is 18.3. The largest absolute Gasteiger partial charge is 0.344 e. The summed E-state index contributed by atoms with van der Waals surface area (Å²) < 4.78 is 0. The van der Waals surface area contributed by atoms with Gasteiger partial charge in [-0.15, -0.1) is 0 Å². The third-order valence-corrected chi connectivity index (χ3v) is 3.88. The van der Waals surface area contributed by atoms with Crippen molar-refractivity contribution in [3.05, 3.63) is 77.4 Å². The molecule has 1 unspecified atom stereocenters. The number of benzene rings is 2. The van der Waals surface area contributed by atoms with E-state index >= 15 is 0 Å². The van der Waals surface area contributed by atoms with Crippen molar-refractivity contribution in [2.45, 2.75) is 19.4 Å². The van der Waals surface area contributed by atoms with Gasteiger partial charge in [0.2, 0.25) is 5.91 Å². The molecule has 0 spiro atoms. The number of hydrogen-bond acceptors (Lipinski definition) is 2. The molecular weight excluding hydrogens is 296 g/mol. The number of carbonyl (C=O) groups excluding carboxylic acids is 1. The van der Waals surface area contributed by atoms with E-state index in [0.29, 0.717) is 0 Å². The summed E-state index contributed by atoms with van der Waals surface area (Å²) in [5.74, 6) is -0.0785. The van der Waals surface area contributed by atoms with Gasteiger partial charge in [0.15, 0.2) is 0 Å². The lowest BCUT2D eigenvalue weighted by atomic mass is 10.1. The summed E-state index contributed by atoms with van der Waals surface area (Å²) in [4.78, 5) is 14.4. The Labute approximate surface area is 145 Å². The van der Waals surface area contributed by atoms with Gasteiger partial charge < -0.3 is 10.2 Å². The molecule has 0 saturated carbocycles. The Morgan fingerprint density at radius 2 is 1.75 bits per heavy atom. The minimum absolute atomic E-state index is 0.0270. The minimum atomic E-state index is -0.0785. The van der Waals surface area contributed by atoms with Gasteiger partial charge in [0.05, 0.1) is 6.04 Å². The van der Waals surface area contributed by atoms with Crippen molar-refractivity contribution in [3.63, 3.8) is 0 Å². The second kappa shape index (κ2) is 9.04. The highest BCUT2D eigenvalue weighted by Gasteiger charge is 2.13. The fourth-order valence-electron chi connectivity index (χ4n) is 2.54. The van der Waals surface area contributed by atoms with Gasteiger partial charge in [-0.05, 0) is 43.3 Å². The topological polar surface area (TPSA) is 32.3 Å². The van der Waals surface area contributed by atoms with Gasteiger partial charge in [0, 0.05) is 12.6 Å². The zero-order valence-electron chi connectivity index (χ0n) is 14.7. The Morgan fingerprint density at radius 1 is 1.08 bits per heavy atom. The molecule has 2 aromatic carbocycles. The first-order chi connectivity index (χ1) is 11.6. The summed E-state index contributed by atoms with van der Waals surface area (Å²) in [7, 11) is 4.01. The van der Waals surface area contributed by atoms with Gasteiger partial charge in [-0.3, -0.25) is 4.79 Å². The summed E-state index contributed by atoms with van der Waals surface area (Å²) in [5, 5.41) is 3.09. The SMILES string of the molecule is CCc1ccc(/C=C/C(=O)NC(CN(C)C)c2ccccc2)cc1. The lowest BCUT2D eigenvalue weighted by Crippen LogP contribution is -2.34. The molecule has 0 bridgehead atoms. The number of nitrogens with one attached hydrogen (secondary N) is 1. The quantitative estimate of drug-likeness (QED) is 0.789. The maximum absolute atomic E-state index is 12.3. The minimum Gasteiger partial charge on any atom is -0.344 e. The fraction of sp³-hybridized carbons (Fsp3) is 0.286. The maximum atomic E-state index is 12.3. The molecule has 0 aliphatic carbocycles. The van der Waals surface area contributed by atoms with Crippen LogP contribution in [0.25, 0.3) is 6.08 Å². The molecule has 126 valence electrons. The highest BCUT2D eigenvalue weighted by atomic mass is 16.1. The van der Waals surface area contributed by atoms with E-state index in [0.717, 1.165) is 24.1 Å². The monoisotopic (exact) mass is 322 g/mol. The second-order valence-electron chi connectivity index (χ2n) is 6.16. The van der Waals surface area contributed by atoms with Crippen LogP contribution in [0.4, 0.5) is 0 Å². The molecule has 0 aliphatic heterocycles. The molecule has 0 fully saturated rings. The predicted octanol–water partition coefficient (Wildman–Crippen LogP) is 3.68. The van der Waals surface area contributed by atoms with E-state index in [4.69, 9.17) is 0 Å². The fourth-order valence-corrected chi connectivity index (χ4v) is 2.54. The van der Waals surface area contributed by atoms with Crippen LogP contribution in [0.3, 0.4) is 0 Å². The van der Waals surface area contributed by atoms with Crippen LogP contribution in [0, 0.1) is 0 Å². The standard InChI is InChI=1S/C21H26N2O/c1-4-17-10-12-18(13-11-17)14-15-21(24)22-20(16-23(2)3)19-8-6-5-7-9-19/h5-15,20H,4,16H2,1-3H3,(H,22,24)/b15-14+. The van der Waals surface area contributed by atoms with E-state index in [1.807, 2.05) is 62.6 Å². The van der Waals surface area contributed by atoms with Crippen molar-refractivity contribution in [2.24, 2.45) is 0 Å². The molecule has 2 aromatic rings. The van der Waals surface area contributed by atoms with Crippen LogP contribution in [0.1, 0.15) is 29.7 Å². The number of aryl methyl sites for hydroxylation is 1. The predicted molar refractivity (Wildman–Crippen MR) is 101 cm³/mol. The summed E-state index contributed by atoms with van der Waals surface area (Å²) in [6.07, 6.45) is 4.48. The molecule has 3 heteroatoms. The maximum Gasteiger partial charge on any atom is 0.244 e. The highest BCUT2D eigenvalue weighted by molar-refractivity contribution is 5.92. The number of rotatable bonds is 7. The summed E-state index contributed by atoms with van der Waals surface area (Å²) >= 11 is 0. The van der Waals surface area contributed by atoms with E-state index in [1.54, 1.807) is 6.08 Å².